The van der Waals surface area contributed by atoms with Gasteiger partial charge in [0.2, 0.25) is 5.91 Å². The first-order valence-corrected chi connectivity index (χ1v) is 8.69. The molecular formula is C18H26ClN4O+. The number of amides is 1. The number of carbonyl (C=O) groups excluding carboxylic acids is 1. The van der Waals surface area contributed by atoms with Crippen LogP contribution in [0.1, 0.15) is 24.7 Å². The molecule has 0 unspecified atom stereocenters. The number of hydrogen-bond acceptors (Lipinski definition) is 2. The maximum absolute atomic E-state index is 12.2. The molecule has 1 amide bonds. The van der Waals surface area contributed by atoms with Crippen molar-refractivity contribution in [1.29, 1.82) is 0 Å². The molecule has 0 bridgehead atoms. The maximum Gasteiger partial charge on any atom is 0.222 e. The third-order valence-corrected chi connectivity index (χ3v) is 4.34. The van der Waals surface area contributed by atoms with Gasteiger partial charge in [-0.15, -0.1) is 0 Å². The standard InChI is InChI=1S/C18H25ClN4O/c1-4-18(24)23(12-11-21(2)3)14-17-20-9-10-22(17)13-15-7-5-6-8-16(15)19/h5-10H,4,11-14H2,1-3H3/p+1. The van der Waals surface area contributed by atoms with Gasteiger partial charge in [-0.3, -0.25) is 4.79 Å². The van der Waals surface area contributed by atoms with Crippen LogP contribution in [0.5, 0.6) is 0 Å². The van der Waals surface area contributed by atoms with Gasteiger partial charge in [0.25, 0.3) is 0 Å². The summed E-state index contributed by atoms with van der Waals surface area (Å²) in [4.78, 5) is 19.9. The number of nitrogens with zero attached hydrogens (tertiary/aromatic N) is 3. The molecule has 6 heteroatoms. The molecule has 2 rings (SSSR count). The van der Waals surface area contributed by atoms with Gasteiger partial charge in [-0.1, -0.05) is 36.7 Å². The number of aromatic nitrogens is 2. The summed E-state index contributed by atoms with van der Waals surface area (Å²) in [5.74, 6) is 1.04. The lowest BCUT2D eigenvalue weighted by Crippen LogP contribution is -3.06. The van der Waals surface area contributed by atoms with Crippen LogP contribution in [0.3, 0.4) is 0 Å². The summed E-state index contributed by atoms with van der Waals surface area (Å²) in [5.41, 5.74) is 1.05. The zero-order chi connectivity index (χ0) is 17.5. The molecule has 0 atom stereocenters. The van der Waals surface area contributed by atoms with Crippen molar-refractivity contribution in [3.05, 3.63) is 53.1 Å². The second kappa shape index (κ2) is 8.85. The first-order chi connectivity index (χ1) is 11.5. The summed E-state index contributed by atoms with van der Waals surface area (Å²) in [6.45, 7) is 4.72. The number of likely N-dealkylation sites (N-methyl/N-ethyl adjacent to an activating group) is 1. The quantitative estimate of drug-likeness (QED) is 0.784. The van der Waals surface area contributed by atoms with E-state index in [1.807, 2.05) is 42.3 Å². The first-order valence-electron chi connectivity index (χ1n) is 8.31. The molecule has 0 saturated heterocycles. The second-order valence-electron chi connectivity index (χ2n) is 6.19. The van der Waals surface area contributed by atoms with Crippen LogP contribution in [0.4, 0.5) is 0 Å². The van der Waals surface area contributed by atoms with E-state index in [-0.39, 0.29) is 5.91 Å². The van der Waals surface area contributed by atoms with E-state index in [4.69, 9.17) is 11.6 Å². The number of nitrogens with one attached hydrogen (secondary N) is 1. The lowest BCUT2D eigenvalue weighted by Gasteiger charge is -2.23. The second-order valence-corrected chi connectivity index (χ2v) is 6.60. The number of rotatable bonds is 8. The van der Waals surface area contributed by atoms with E-state index in [1.54, 1.807) is 6.20 Å². The first kappa shape index (κ1) is 18.5. The van der Waals surface area contributed by atoms with Gasteiger partial charge in [0, 0.05) is 23.8 Å². The minimum absolute atomic E-state index is 0.156. The van der Waals surface area contributed by atoms with E-state index in [0.717, 1.165) is 29.5 Å². The van der Waals surface area contributed by atoms with Crippen LogP contribution in [0.25, 0.3) is 0 Å². The third-order valence-electron chi connectivity index (χ3n) is 3.97. The molecule has 0 spiro atoms. The molecule has 24 heavy (non-hydrogen) atoms. The highest BCUT2D eigenvalue weighted by Crippen LogP contribution is 2.17. The Morgan fingerprint density at radius 1 is 1.33 bits per heavy atom. The number of hydrogen-bond donors (Lipinski definition) is 1. The van der Waals surface area contributed by atoms with E-state index >= 15 is 0 Å². The molecule has 1 aromatic carbocycles. The minimum atomic E-state index is 0.156. The Labute approximate surface area is 148 Å². The van der Waals surface area contributed by atoms with Crippen LogP contribution in [-0.2, 0) is 17.9 Å². The Bertz CT molecular complexity index is 669. The Kier molecular flexibility index (Phi) is 6.82. The highest BCUT2D eigenvalue weighted by atomic mass is 35.5. The molecule has 0 aliphatic heterocycles. The molecule has 0 aliphatic carbocycles. The number of quaternary nitrogens is 1. The number of benzene rings is 1. The van der Waals surface area contributed by atoms with Gasteiger partial charge in [0.05, 0.1) is 40.3 Å². The zero-order valence-electron chi connectivity index (χ0n) is 14.6. The number of halogens is 1. The Morgan fingerprint density at radius 2 is 2.08 bits per heavy atom. The fourth-order valence-electron chi connectivity index (χ4n) is 2.49. The van der Waals surface area contributed by atoms with Gasteiger partial charge in [0.15, 0.2) is 0 Å². The van der Waals surface area contributed by atoms with Crippen molar-refractivity contribution >= 4 is 17.5 Å². The topological polar surface area (TPSA) is 42.6 Å². The molecule has 0 radical (unpaired) electrons. The van der Waals surface area contributed by atoms with Crippen molar-refractivity contribution in [2.75, 3.05) is 27.2 Å². The number of imidazole rings is 1. The summed E-state index contributed by atoms with van der Waals surface area (Å²) in [6.07, 6.45) is 4.22. The predicted octanol–water partition coefficient (Wildman–Crippen LogP) is 1.47. The van der Waals surface area contributed by atoms with Gasteiger partial charge in [0.1, 0.15) is 5.82 Å². The SMILES string of the molecule is CCC(=O)N(CC[NH+](C)C)Cc1nccn1Cc1ccccc1Cl. The monoisotopic (exact) mass is 349 g/mol. The van der Waals surface area contributed by atoms with Gasteiger partial charge in [-0.05, 0) is 11.6 Å². The number of carbonyl (C=O) groups is 1. The van der Waals surface area contributed by atoms with E-state index in [9.17, 15) is 4.79 Å². The molecule has 130 valence electrons. The van der Waals surface area contributed by atoms with E-state index < -0.39 is 0 Å². The highest BCUT2D eigenvalue weighted by molar-refractivity contribution is 6.31. The van der Waals surface area contributed by atoms with Crippen LogP contribution in [0.2, 0.25) is 5.02 Å². The lowest BCUT2D eigenvalue weighted by molar-refractivity contribution is -0.857. The van der Waals surface area contributed by atoms with Crippen LogP contribution in [0.15, 0.2) is 36.7 Å². The lowest BCUT2D eigenvalue weighted by atomic mass is 10.2. The Hall–Kier alpha value is -1.85. The summed E-state index contributed by atoms with van der Waals surface area (Å²) < 4.78 is 2.06. The van der Waals surface area contributed by atoms with Gasteiger partial charge >= 0.3 is 0 Å². The fourth-order valence-corrected chi connectivity index (χ4v) is 2.69. The van der Waals surface area contributed by atoms with Gasteiger partial charge in [-0.2, -0.15) is 0 Å². The van der Waals surface area contributed by atoms with Crippen molar-refractivity contribution < 1.29 is 9.69 Å². The van der Waals surface area contributed by atoms with Crippen LogP contribution < -0.4 is 4.90 Å². The molecule has 0 saturated carbocycles. The summed E-state index contributed by atoms with van der Waals surface area (Å²) >= 11 is 6.26. The van der Waals surface area contributed by atoms with Crippen molar-refractivity contribution in [3.63, 3.8) is 0 Å². The largest absolute Gasteiger partial charge is 0.338 e. The summed E-state index contributed by atoms with van der Waals surface area (Å²) in [7, 11) is 4.18. The van der Waals surface area contributed by atoms with Crippen molar-refractivity contribution in [3.8, 4) is 0 Å². The normalized spacial score (nSPS) is 11.0. The summed E-state index contributed by atoms with van der Waals surface area (Å²) in [6, 6.07) is 7.80. The molecule has 1 heterocycles. The van der Waals surface area contributed by atoms with Crippen LogP contribution in [-0.4, -0.2) is 47.5 Å². The van der Waals surface area contributed by atoms with Gasteiger partial charge in [-0.25, -0.2) is 4.98 Å². The van der Waals surface area contributed by atoms with Crippen LogP contribution >= 0.6 is 11.6 Å². The van der Waals surface area contributed by atoms with E-state index in [1.165, 1.54) is 4.90 Å². The molecule has 0 aliphatic rings. The average Bonchev–Trinajstić information content (AvgIpc) is 2.99. The van der Waals surface area contributed by atoms with Gasteiger partial charge < -0.3 is 14.4 Å². The maximum atomic E-state index is 12.2. The van der Waals surface area contributed by atoms with Crippen LogP contribution in [0, 0.1) is 0 Å². The molecule has 0 fully saturated rings. The predicted molar refractivity (Wildman–Crippen MR) is 96.2 cm³/mol. The minimum Gasteiger partial charge on any atom is -0.338 e. The highest BCUT2D eigenvalue weighted by Gasteiger charge is 2.16. The van der Waals surface area contributed by atoms with Crippen molar-refractivity contribution in [2.24, 2.45) is 0 Å². The Morgan fingerprint density at radius 3 is 2.75 bits per heavy atom. The smallest absolute Gasteiger partial charge is 0.222 e. The average molecular weight is 350 g/mol. The third kappa shape index (κ3) is 5.08. The molecule has 5 nitrogen and oxygen atoms in total. The molecule has 1 N–H and O–H groups in total. The Balaban J connectivity index is 2.12. The van der Waals surface area contributed by atoms with Crippen molar-refractivity contribution in [2.45, 2.75) is 26.4 Å². The summed E-state index contributed by atoms with van der Waals surface area (Å²) in [5, 5.41) is 0.745. The van der Waals surface area contributed by atoms with E-state index in [2.05, 4.69) is 23.6 Å². The fraction of sp³-hybridized carbons (Fsp3) is 0.444. The molecule has 2 aromatic rings. The van der Waals surface area contributed by atoms with E-state index in [0.29, 0.717) is 19.5 Å². The van der Waals surface area contributed by atoms with Crippen molar-refractivity contribution in [1.82, 2.24) is 14.5 Å². The molecule has 1 aromatic heterocycles. The molecular weight excluding hydrogens is 324 g/mol. The zero-order valence-corrected chi connectivity index (χ0v) is 15.4.